The molecule has 0 unspecified atom stereocenters. The summed E-state index contributed by atoms with van der Waals surface area (Å²) >= 11 is 1.10. The van der Waals surface area contributed by atoms with E-state index in [1.165, 1.54) is 19.2 Å². The minimum atomic E-state index is -3.45. The lowest BCUT2D eigenvalue weighted by atomic mass is 10.1. The number of sulfonamides is 1. The Balaban J connectivity index is 1.84. The molecular weight excluding hydrogens is 339 g/mol. The van der Waals surface area contributed by atoms with Crippen molar-refractivity contribution >= 4 is 27.3 Å². The van der Waals surface area contributed by atoms with Gasteiger partial charge < -0.3 is 5.32 Å². The molecule has 0 aliphatic heterocycles. The van der Waals surface area contributed by atoms with Crippen molar-refractivity contribution in [3.05, 3.63) is 52.7 Å². The lowest BCUT2D eigenvalue weighted by molar-refractivity contribution is -0.121. The Hall–Kier alpha value is -1.77. The maximum Gasteiger partial charge on any atom is 0.249 e. The summed E-state index contributed by atoms with van der Waals surface area (Å²) in [6, 6.07) is 9.50. The van der Waals surface area contributed by atoms with Gasteiger partial charge in [-0.1, -0.05) is 18.2 Å². The number of aryl methyl sites for hydroxylation is 1. The molecule has 1 amide bonds. The van der Waals surface area contributed by atoms with Crippen molar-refractivity contribution in [1.82, 2.24) is 10.0 Å². The van der Waals surface area contributed by atoms with E-state index in [9.17, 15) is 17.6 Å². The van der Waals surface area contributed by atoms with E-state index < -0.39 is 10.0 Å². The van der Waals surface area contributed by atoms with Crippen LogP contribution in [0.2, 0.25) is 0 Å². The number of carbonyl (C=O) groups is 1. The van der Waals surface area contributed by atoms with Crippen LogP contribution in [0.4, 0.5) is 4.39 Å². The molecule has 1 heterocycles. The van der Waals surface area contributed by atoms with Gasteiger partial charge in [0, 0.05) is 11.3 Å². The van der Waals surface area contributed by atoms with Crippen LogP contribution in [0.1, 0.15) is 16.9 Å². The van der Waals surface area contributed by atoms with Crippen LogP contribution in [0.5, 0.6) is 0 Å². The number of nitrogens with one attached hydrogen (secondary N) is 2. The van der Waals surface area contributed by atoms with Gasteiger partial charge in [0.1, 0.15) is 10.0 Å². The molecule has 2 aromatic rings. The average molecular weight is 356 g/mol. The van der Waals surface area contributed by atoms with Gasteiger partial charge in [0.2, 0.25) is 15.9 Å². The molecule has 1 aromatic heterocycles. The van der Waals surface area contributed by atoms with Crippen molar-refractivity contribution in [3.63, 3.8) is 0 Å². The lowest BCUT2D eigenvalue weighted by Crippen LogP contribution is -2.22. The second-order valence-electron chi connectivity index (χ2n) is 4.80. The van der Waals surface area contributed by atoms with Crippen molar-refractivity contribution in [3.8, 4) is 0 Å². The molecule has 0 atom stereocenters. The maximum absolute atomic E-state index is 13.4. The standard InChI is InChI=1S/C15H17FN2O3S2/c1-17-23(20,21)15-9-7-12(22-15)10-18-14(19)8-6-11-4-2-3-5-13(11)16/h2-5,7,9,17H,6,8,10H2,1H3,(H,18,19). The summed E-state index contributed by atoms with van der Waals surface area (Å²) in [6.45, 7) is 0.250. The molecule has 0 radical (unpaired) electrons. The van der Waals surface area contributed by atoms with Crippen molar-refractivity contribution in [2.45, 2.75) is 23.6 Å². The van der Waals surface area contributed by atoms with Crippen molar-refractivity contribution in [1.29, 1.82) is 0 Å². The Morgan fingerprint density at radius 2 is 1.96 bits per heavy atom. The van der Waals surface area contributed by atoms with E-state index in [4.69, 9.17) is 0 Å². The first-order valence-corrected chi connectivity index (χ1v) is 9.24. The van der Waals surface area contributed by atoms with E-state index in [-0.39, 0.29) is 28.9 Å². The fraction of sp³-hybridized carbons (Fsp3) is 0.267. The van der Waals surface area contributed by atoms with Crippen molar-refractivity contribution < 1.29 is 17.6 Å². The molecule has 2 N–H and O–H groups in total. The van der Waals surface area contributed by atoms with Gasteiger partial charge in [-0.25, -0.2) is 17.5 Å². The van der Waals surface area contributed by atoms with Gasteiger partial charge in [0.15, 0.2) is 0 Å². The van der Waals surface area contributed by atoms with Crippen LogP contribution in [-0.2, 0) is 27.8 Å². The van der Waals surface area contributed by atoms with Gasteiger partial charge in [0.05, 0.1) is 6.54 Å². The van der Waals surface area contributed by atoms with Crippen molar-refractivity contribution in [2.75, 3.05) is 7.05 Å². The predicted molar refractivity (Wildman–Crippen MR) is 87.1 cm³/mol. The first-order valence-electron chi connectivity index (χ1n) is 6.95. The Morgan fingerprint density at radius 3 is 2.65 bits per heavy atom. The molecule has 0 aliphatic carbocycles. The van der Waals surface area contributed by atoms with Crippen LogP contribution < -0.4 is 10.0 Å². The zero-order valence-electron chi connectivity index (χ0n) is 12.5. The van der Waals surface area contributed by atoms with Gasteiger partial charge in [-0.3, -0.25) is 4.79 Å². The summed E-state index contributed by atoms with van der Waals surface area (Å²) in [5.74, 6) is -0.528. The van der Waals surface area contributed by atoms with E-state index in [0.717, 1.165) is 16.2 Å². The number of hydrogen-bond acceptors (Lipinski definition) is 4. The molecule has 124 valence electrons. The molecule has 1 aromatic carbocycles. The molecular formula is C15H17FN2O3S2. The van der Waals surface area contributed by atoms with Crippen LogP contribution >= 0.6 is 11.3 Å². The fourth-order valence-corrected chi connectivity index (χ4v) is 4.05. The monoisotopic (exact) mass is 356 g/mol. The molecule has 5 nitrogen and oxygen atoms in total. The van der Waals surface area contributed by atoms with Crippen LogP contribution in [0.3, 0.4) is 0 Å². The van der Waals surface area contributed by atoms with Crippen LogP contribution in [-0.4, -0.2) is 21.4 Å². The molecule has 0 saturated carbocycles. The number of benzene rings is 1. The Labute approximate surface area is 138 Å². The van der Waals surface area contributed by atoms with E-state index in [1.54, 1.807) is 24.3 Å². The van der Waals surface area contributed by atoms with E-state index in [0.29, 0.717) is 12.0 Å². The SMILES string of the molecule is CNS(=O)(=O)c1ccc(CNC(=O)CCc2ccccc2F)s1. The topological polar surface area (TPSA) is 75.3 Å². The second-order valence-corrected chi connectivity index (χ2v) is 8.08. The molecule has 0 saturated heterocycles. The molecule has 2 rings (SSSR count). The normalized spacial score (nSPS) is 11.4. The molecule has 8 heteroatoms. The van der Waals surface area contributed by atoms with Crippen molar-refractivity contribution in [2.24, 2.45) is 0 Å². The zero-order chi connectivity index (χ0) is 16.9. The van der Waals surface area contributed by atoms with Crippen LogP contribution in [0.25, 0.3) is 0 Å². The smallest absolute Gasteiger partial charge is 0.249 e. The number of carbonyl (C=O) groups excluding carboxylic acids is 1. The van der Waals surface area contributed by atoms with Crippen LogP contribution in [0.15, 0.2) is 40.6 Å². The highest BCUT2D eigenvalue weighted by Gasteiger charge is 2.14. The van der Waals surface area contributed by atoms with Gasteiger partial charge in [-0.05, 0) is 37.2 Å². The fourth-order valence-electron chi connectivity index (χ4n) is 1.92. The molecule has 0 fully saturated rings. The number of amides is 1. The highest BCUT2D eigenvalue weighted by Crippen LogP contribution is 2.21. The molecule has 0 bridgehead atoms. The lowest BCUT2D eigenvalue weighted by Gasteiger charge is -2.05. The van der Waals surface area contributed by atoms with Gasteiger partial charge in [0.25, 0.3) is 0 Å². The van der Waals surface area contributed by atoms with E-state index >= 15 is 0 Å². The highest BCUT2D eigenvalue weighted by molar-refractivity contribution is 7.91. The number of halogens is 1. The predicted octanol–water partition coefficient (Wildman–Crippen LogP) is 2.04. The third-order valence-electron chi connectivity index (χ3n) is 3.21. The molecule has 23 heavy (non-hydrogen) atoms. The Kier molecular flexibility index (Phi) is 5.86. The minimum Gasteiger partial charge on any atom is -0.351 e. The van der Waals surface area contributed by atoms with Gasteiger partial charge in [-0.15, -0.1) is 11.3 Å². The third kappa shape index (κ3) is 4.85. The molecule has 0 aliphatic rings. The molecule has 0 spiro atoms. The largest absolute Gasteiger partial charge is 0.351 e. The van der Waals surface area contributed by atoms with E-state index in [2.05, 4.69) is 10.0 Å². The first kappa shape index (κ1) is 17.6. The summed E-state index contributed by atoms with van der Waals surface area (Å²) in [5, 5.41) is 2.71. The average Bonchev–Trinajstić information content (AvgIpc) is 3.02. The number of hydrogen-bond donors (Lipinski definition) is 2. The van der Waals surface area contributed by atoms with Gasteiger partial charge >= 0.3 is 0 Å². The minimum absolute atomic E-state index is 0.175. The number of rotatable bonds is 7. The quantitative estimate of drug-likeness (QED) is 0.797. The highest BCUT2D eigenvalue weighted by atomic mass is 32.2. The van der Waals surface area contributed by atoms with Gasteiger partial charge in [-0.2, -0.15) is 0 Å². The third-order valence-corrected chi connectivity index (χ3v) is 6.20. The summed E-state index contributed by atoms with van der Waals surface area (Å²) in [7, 11) is -2.11. The summed E-state index contributed by atoms with van der Waals surface area (Å²) < 4.78 is 39.1. The summed E-state index contributed by atoms with van der Waals surface area (Å²) in [6.07, 6.45) is 0.496. The first-order chi connectivity index (χ1) is 10.9. The maximum atomic E-state index is 13.4. The summed E-state index contributed by atoms with van der Waals surface area (Å²) in [4.78, 5) is 12.5. The Bertz CT molecular complexity index is 788. The Morgan fingerprint density at radius 1 is 1.22 bits per heavy atom. The van der Waals surface area contributed by atoms with E-state index in [1.807, 2.05) is 0 Å². The number of thiophene rings is 1. The second kappa shape index (κ2) is 7.67. The summed E-state index contributed by atoms with van der Waals surface area (Å²) in [5.41, 5.74) is 0.501. The zero-order valence-corrected chi connectivity index (χ0v) is 14.1. The van der Waals surface area contributed by atoms with Crippen LogP contribution in [0, 0.1) is 5.82 Å².